The highest BCUT2D eigenvalue weighted by Crippen LogP contribution is 2.37. The van der Waals surface area contributed by atoms with Gasteiger partial charge in [-0.2, -0.15) is 17.6 Å². The Morgan fingerprint density at radius 3 is 2.31 bits per heavy atom. The normalized spacial score (nSPS) is 11.0. The van der Waals surface area contributed by atoms with Gasteiger partial charge in [0.15, 0.2) is 11.5 Å². The van der Waals surface area contributed by atoms with Gasteiger partial charge in [0.2, 0.25) is 0 Å². The zero-order valence-electron chi connectivity index (χ0n) is 16.1. The molecule has 1 aromatic heterocycles. The van der Waals surface area contributed by atoms with Crippen LogP contribution in [0.4, 0.5) is 33.3 Å². The molecule has 1 N–H and O–H groups in total. The van der Waals surface area contributed by atoms with E-state index in [1.54, 1.807) is 12.1 Å². The van der Waals surface area contributed by atoms with Crippen molar-refractivity contribution in [2.24, 2.45) is 0 Å². The average Bonchev–Trinajstić information content (AvgIpc) is 2.73. The summed E-state index contributed by atoms with van der Waals surface area (Å²) in [5.41, 5.74) is 0.445. The van der Waals surface area contributed by atoms with Gasteiger partial charge >= 0.3 is 19.2 Å². The van der Waals surface area contributed by atoms with E-state index in [1.807, 2.05) is 0 Å². The van der Waals surface area contributed by atoms with Crippen molar-refractivity contribution in [3.05, 3.63) is 77.9 Å². The Balaban J connectivity index is 2.12. The fourth-order valence-electron chi connectivity index (χ4n) is 2.91. The van der Waals surface area contributed by atoms with E-state index in [4.69, 9.17) is 0 Å². The van der Waals surface area contributed by atoms with Gasteiger partial charge in [0.1, 0.15) is 5.82 Å². The molecule has 0 amide bonds. The Hall–Kier alpha value is -3.89. The predicted octanol–water partition coefficient (Wildman–Crippen LogP) is 5.46. The summed E-state index contributed by atoms with van der Waals surface area (Å²) in [4.78, 5) is 16.7. The van der Waals surface area contributed by atoms with Crippen LogP contribution in [0.1, 0.15) is 15.9 Å². The monoisotopic (exact) mass is 454 g/mol. The number of aromatic carboxylic acids is 1. The van der Waals surface area contributed by atoms with E-state index in [1.165, 1.54) is 29.4 Å². The summed E-state index contributed by atoms with van der Waals surface area (Å²) in [5.74, 6) is -3.54. The number of carboxylic acid groups (broad SMARTS) is 1. The number of alkyl halides is 4. The highest BCUT2D eigenvalue weighted by atomic mass is 19.3. The largest absolute Gasteiger partial charge is 0.478 e. The maximum absolute atomic E-state index is 14.1. The number of pyridine rings is 1. The first-order valence-electron chi connectivity index (χ1n) is 8.97. The van der Waals surface area contributed by atoms with Crippen molar-refractivity contribution in [1.82, 2.24) is 4.98 Å². The standard InChI is InChI=1S/C21H15F5N2O4/c22-14-6-13(19(29)30)7-16(8-14)28(11-12-2-1-5-27-10-12)15-3-4-17(31-20(23)24)18(9-15)32-21(25)26/h1-10,20-21H,11H2,(H,29,30). The van der Waals surface area contributed by atoms with Crippen molar-refractivity contribution in [1.29, 1.82) is 0 Å². The highest BCUT2D eigenvalue weighted by molar-refractivity contribution is 5.89. The molecule has 0 atom stereocenters. The molecule has 0 unspecified atom stereocenters. The third kappa shape index (κ3) is 5.84. The summed E-state index contributed by atoms with van der Waals surface area (Å²) >= 11 is 0. The van der Waals surface area contributed by atoms with Gasteiger partial charge in [-0.05, 0) is 42.0 Å². The number of ether oxygens (including phenoxy) is 2. The van der Waals surface area contributed by atoms with Crippen LogP contribution in [0.3, 0.4) is 0 Å². The molecule has 168 valence electrons. The third-order valence-corrected chi connectivity index (χ3v) is 4.18. The van der Waals surface area contributed by atoms with Gasteiger partial charge in [-0.1, -0.05) is 6.07 Å². The van der Waals surface area contributed by atoms with E-state index >= 15 is 0 Å². The number of carbonyl (C=O) groups is 1. The summed E-state index contributed by atoms with van der Waals surface area (Å²) in [5, 5.41) is 9.25. The van der Waals surface area contributed by atoms with E-state index in [2.05, 4.69) is 14.5 Å². The first-order valence-corrected chi connectivity index (χ1v) is 8.97. The SMILES string of the molecule is O=C(O)c1cc(F)cc(N(Cc2cccnc2)c2ccc(OC(F)F)c(OC(F)F)c2)c1. The smallest absolute Gasteiger partial charge is 0.387 e. The Morgan fingerprint density at radius 2 is 1.69 bits per heavy atom. The number of carboxylic acids is 1. The van der Waals surface area contributed by atoms with Crippen LogP contribution in [0.5, 0.6) is 11.5 Å². The molecule has 0 bridgehead atoms. The minimum atomic E-state index is -3.33. The van der Waals surface area contributed by atoms with Crippen LogP contribution in [-0.2, 0) is 6.54 Å². The molecule has 0 saturated carbocycles. The van der Waals surface area contributed by atoms with Crippen LogP contribution in [0.25, 0.3) is 0 Å². The molecule has 1 heterocycles. The van der Waals surface area contributed by atoms with Gasteiger partial charge in [0, 0.05) is 36.4 Å². The quantitative estimate of drug-likeness (QED) is 0.433. The zero-order chi connectivity index (χ0) is 23.3. The van der Waals surface area contributed by atoms with Gasteiger partial charge in [-0.15, -0.1) is 0 Å². The summed E-state index contributed by atoms with van der Waals surface area (Å²) in [6, 6.07) is 9.61. The molecule has 32 heavy (non-hydrogen) atoms. The van der Waals surface area contributed by atoms with Crippen molar-refractivity contribution < 1.29 is 41.3 Å². The molecule has 3 rings (SSSR count). The van der Waals surface area contributed by atoms with E-state index in [9.17, 15) is 31.9 Å². The third-order valence-electron chi connectivity index (χ3n) is 4.18. The second-order valence-corrected chi connectivity index (χ2v) is 6.34. The second kappa shape index (κ2) is 9.94. The van der Waals surface area contributed by atoms with Crippen LogP contribution < -0.4 is 14.4 Å². The maximum Gasteiger partial charge on any atom is 0.387 e. The Labute approximate surface area is 178 Å². The average molecular weight is 454 g/mol. The lowest BCUT2D eigenvalue weighted by molar-refractivity contribution is -0.0692. The van der Waals surface area contributed by atoms with Gasteiger partial charge in [-0.3, -0.25) is 4.98 Å². The first-order chi connectivity index (χ1) is 15.2. The molecule has 11 heteroatoms. The number of hydrogen-bond acceptors (Lipinski definition) is 5. The van der Waals surface area contributed by atoms with Gasteiger partial charge < -0.3 is 19.5 Å². The van der Waals surface area contributed by atoms with E-state index in [0.717, 1.165) is 24.3 Å². The number of hydrogen-bond donors (Lipinski definition) is 1. The van der Waals surface area contributed by atoms with Crippen LogP contribution in [0.2, 0.25) is 0 Å². The Bertz CT molecular complexity index is 1080. The van der Waals surface area contributed by atoms with E-state index < -0.39 is 36.5 Å². The minimum absolute atomic E-state index is 0.0134. The number of benzene rings is 2. The Kier molecular flexibility index (Phi) is 7.08. The van der Waals surface area contributed by atoms with Crippen LogP contribution in [0, 0.1) is 5.82 Å². The molecule has 0 saturated heterocycles. The van der Waals surface area contributed by atoms with Gasteiger partial charge in [0.25, 0.3) is 0 Å². The lowest BCUT2D eigenvalue weighted by atomic mass is 10.1. The molecular formula is C21H15F5N2O4. The summed E-state index contributed by atoms with van der Waals surface area (Å²) < 4.78 is 73.6. The number of nitrogens with zero attached hydrogens (tertiary/aromatic N) is 2. The topological polar surface area (TPSA) is 71.9 Å². The molecule has 0 spiro atoms. The number of halogens is 5. The van der Waals surface area contributed by atoms with Crippen molar-refractivity contribution in [2.75, 3.05) is 4.90 Å². The van der Waals surface area contributed by atoms with Crippen molar-refractivity contribution >= 4 is 17.3 Å². The molecule has 2 aromatic carbocycles. The summed E-state index contributed by atoms with van der Waals surface area (Å²) in [6.45, 7) is -6.60. The van der Waals surface area contributed by atoms with E-state index in [0.29, 0.717) is 5.56 Å². The predicted molar refractivity (Wildman–Crippen MR) is 103 cm³/mol. The maximum atomic E-state index is 14.1. The van der Waals surface area contributed by atoms with Crippen LogP contribution >= 0.6 is 0 Å². The summed E-state index contributed by atoms with van der Waals surface area (Å²) in [7, 11) is 0. The summed E-state index contributed by atoms with van der Waals surface area (Å²) in [6.07, 6.45) is 3.01. The van der Waals surface area contributed by atoms with Gasteiger partial charge in [0.05, 0.1) is 5.56 Å². The molecule has 0 aliphatic heterocycles. The number of anilines is 2. The second-order valence-electron chi connectivity index (χ2n) is 6.34. The molecule has 0 fully saturated rings. The van der Waals surface area contributed by atoms with Crippen molar-refractivity contribution in [3.8, 4) is 11.5 Å². The molecule has 3 aromatic rings. The van der Waals surface area contributed by atoms with E-state index in [-0.39, 0.29) is 23.5 Å². The minimum Gasteiger partial charge on any atom is -0.478 e. The molecule has 0 aliphatic rings. The lowest BCUT2D eigenvalue weighted by Gasteiger charge is -2.26. The zero-order valence-corrected chi connectivity index (χ0v) is 16.1. The number of aromatic nitrogens is 1. The van der Waals surface area contributed by atoms with Crippen molar-refractivity contribution in [3.63, 3.8) is 0 Å². The fraction of sp³-hybridized carbons (Fsp3) is 0.143. The molecular weight excluding hydrogens is 439 g/mol. The molecule has 0 radical (unpaired) electrons. The number of rotatable bonds is 9. The van der Waals surface area contributed by atoms with Crippen molar-refractivity contribution in [2.45, 2.75) is 19.8 Å². The Morgan fingerprint density at radius 1 is 0.969 bits per heavy atom. The molecule has 0 aliphatic carbocycles. The first kappa shape index (κ1) is 22.8. The van der Waals surface area contributed by atoms with Gasteiger partial charge in [-0.25, -0.2) is 9.18 Å². The highest BCUT2D eigenvalue weighted by Gasteiger charge is 2.20. The lowest BCUT2D eigenvalue weighted by Crippen LogP contribution is -2.18. The molecule has 6 nitrogen and oxygen atoms in total. The van der Waals surface area contributed by atoms with Crippen LogP contribution in [0.15, 0.2) is 60.9 Å². The fourth-order valence-corrected chi connectivity index (χ4v) is 2.91. The van der Waals surface area contributed by atoms with Crippen LogP contribution in [-0.4, -0.2) is 29.3 Å².